The van der Waals surface area contributed by atoms with Crippen molar-refractivity contribution in [3.8, 4) is 11.5 Å². The van der Waals surface area contributed by atoms with Crippen LogP contribution in [0.4, 0.5) is 5.69 Å². The number of hydrogen-bond donors (Lipinski definition) is 1. The third-order valence-electron chi connectivity index (χ3n) is 4.97. The molecule has 1 aliphatic heterocycles. The van der Waals surface area contributed by atoms with E-state index in [1.807, 2.05) is 24.3 Å². The Bertz CT molecular complexity index is 818. The Morgan fingerprint density at radius 3 is 2.38 bits per heavy atom. The Labute approximate surface area is 171 Å². The van der Waals surface area contributed by atoms with Gasteiger partial charge in [-0.2, -0.15) is 0 Å². The van der Waals surface area contributed by atoms with Gasteiger partial charge in [-0.25, -0.2) is 4.90 Å². The van der Waals surface area contributed by atoms with E-state index in [4.69, 9.17) is 9.47 Å². The maximum Gasteiger partial charge on any atom is 0.251 e. The molecule has 0 bridgehead atoms. The Hall–Kier alpha value is -2.86. The van der Waals surface area contributed by atoms with Crippen molar-refractivity contribution in [3.63, 3.8) is 0 Å². The Balaban J connectivity index is 1.53. The van der Waals surface area contributed by atoms with Gasteiger partial charge in [0.15, 0.2) is 0 Å². The van der Waals surface area contributed by atoms with Gasteiger partial charge in [0.2, 0.25) is 5.91 Å². The number of rotatable bonds is 10. The van der Waals surface area contributed by atoms with E-state index in [2.05, 4.69) is 12.2 Å². The van der Waals surface area contributed by atoms with Gasteiger partial charge in [-0.1, -0.05) is 25.5 Å². The molecule has 2 amide bonds. The van der Waals surface area contributed by atoms with E-state index in [9.17, 15) is 9.59 Å². The zero-order valence-corrected chi connectivity index (χ0v) is 17.0. The molecule has 1 N–H and O–H groups in total. The van der Waals surface area contributed by atoms with Crippen LogP contribution in [0.2, 0.25) is 0 Å². The first-order valence-corrected chi connectivity index (χ1v) is 10.1. The number of carbonyl (C=O) groups is 2. The topological polar surface area (TPSA) is 67.9 Å². The van der Waals surface area contributed by atoms with Crippen LogP contribution >= 0.6 is 0 Å². The number of unbranched alkanes of at least 4 members (excludes halogenated alkanes) is 1. The molecule has 0 saturated carbocycles. The van der Waals surface area contributed by atoms with Crippen LogP contribution in [0.3, 0.4) is 0 Å². The van der Waals surface area contributed by atoms with Crippen molar-refractivity contribution in [1.82, 2.24) is 5.32 Å². The molecule has 3 rings (SSSR count). The molecule has 29 heavy (non-hydrogen) atoms. The van der Waals surface area contributed by atoms with Gasteiger partial charge in [-0.3, -0.25) is 9.59 Å². The summed E-state index contributed by atoms with van der Waals surface area (Å²) in [4.78, 5) is 26.4. The predicted molar refractivity (Wildman–Crippen MR) is 112 cm³/mol. The Morgan fingerprint density at radius 1 is 1.03 bits per heavy atom. The van der Waals surface area contributed by atoms with E-state index in [0.717, 1.165) is 36.3 Å². The number of benzene rings is 2. The minimum Gasteiger partial charge on any atom is -0.497 e. The van der Waals surface area contributed by atoms with Gasteiger partial charge in [-0.15, -0.1) is 0 Å². The van der Waals surface area contributed by atoms with E-state index in [0.29, 0.717) is 18.8 Å². The lowest BCUT2D eigenvalue weighted by Gasteiger charge is -2.16. The summed E-state index contributed by atoms with van der Waals surface area (Å²) in [6.45, 7) is 3.39. The summed E-state index contributed by atoms with van der Waals surface area (Å²) in [5.41, 5.74) is 1.73. The SMILES string of the molecule is CCCCOc1ccc(N2C(=O)C[C@H](NCCc3ccc(OC)cc3)C2=O)cc1. The largest absolute Gasteiger partial charge is 0.497 e. The summed E-state index contributed by atoms with van der Waals surface area (Å²) in [6, 6.07) is 14.5. The number of methoxy groups -OCH3 is 1. The van der Waals surface area contributed by atoms with Gasteiger partial charge in [0.1, 0.15) is 11.5 Å². The standard InChI is InChI=1S/C23H28N2O4/c1-3-4-15-29-20-11-7-18(8-12-20)25-22(26)16-21(23(25)27)24-14-13-17-5-9-19(28-2)10-6-17/h5-12,21,24H,3-4,13-16H2,1-2H3/t21-/m0/s1. The summed E-state index contributed by atoms with van der Waals surface area (Å²) in [7, 11) is 1.64. The third kappa shape index (κ3) is 5.35. The zero-order valence-electron chi connectivity index (χ0n) is 17.0. The van der Waals surface area contributed by atoms with Crippen molar-refractivity contribution in [2.45, 2.75) is 38.6 Å². The van der Waals surface area contributed by atoms with Crippen LogP contribution < -0.4 is 19.7 Å². The Kier molecular flexibility index (Phi) is 7.25. The number of nitrogens with one attached hydrogen (secondary N) is 1. The van der Waals surface area contributed by atoms with Crippen molar-refractivity contribution in [2.24, 2.45) is 0 Å². The summed E-state index contributed by atoms with van der Waals surface area (Å²) >= 11 is 0. The molecule has 0 aliphatic carbocycles. The normalized spacial score (nSPS) is 16.3. The molecule has 1 saturated heterocycles. The van der Waals surface area contributed by atoms with E-state index in [-0.39, 0.29) is 18.2 Å². The monoisotopic (exact) mass is 396 g/mol. The van der Waals surface area contributed by atoms with Gasteiger partial charge in [0, 0.05) is 0 Å². The van der Waals surface area contributed by atoms with Crippen molar-refractivity contribution < 1.29 is 19.1 Å². The first-order chi connectivity index (χ1) is 14.1. The second kappa shape index (κ2) is 10.1. The van der Waals surface area contributed by atoms with Crippen molar-refractivity contribution in [3.05, 3.63) is 54.1 Å². The van der Waals surface area contributed by atoms with Gasteiger partial charge in [0.25, 0.3) is 5.91 Å². The fourth-order valence-electron chi connectivity index (χ4n) is 3.27. The molecule has 0 unspecified atom stereocenters. The molecule has 2 aromatic carbocycles. The van der Waals surface area contributed by atoms with Crippen molar-refractivity contribution in [1.29, 1.82) is 0 Å². The number of amides is 2. The molecule has 154 valence electrons. The van der Waals surface area contributed by atoms with E-state index < -0.39 is 6.04 Å². The van der Waals surface area contributed by atoms with Crippen LogP contribution in [-0.4, -0.2) is 38.1 Å². The van der Waals surface area contributed by atoms with Crippen molar-refractivity contribution >= 4 is 17.5 Å². The summed E-state index contributed by atoms with van der Waals surface area (Å²) in [5.74, 6) is 1.17. The second-order valence-electron chi connectivity index (χ2n) is 7.07. The molecule has 0 radical (unpaired) electrons. The van der Waals surface area contributed by atoms with Crippen LogP contribution in [0.15, 0.2) is 48.5 Å². The minimum absolute atomic E-state index is 0.177. The minimum atomic E-state index is -0.485. The number of carbonyl (C=O) groups excluding carboxylic acids is 2. The van der Waals surface area contributed by atoms with Crippen LogP contribution in [0.5, 0.6) is 11.5 Å². The summed E-state index contributed by atoms with van der Waals surface area (Å²) < 4.78 is 10.8. The molecular weight excluding hydrogens is 368 g/mol. The lowest BCUT2D eigenvalue weighted by Crippen LogP contribution is -2.39. The molecule has 6 nitrogen and oxygen atoms in total. The molecular formula is C23H28N2O4. The molecule has 0 aromatic heterocycles. The lowest BCUT2D eigenvalue weighted by atomic mass is 10.1. The van der Waals surface area contributed by atoms with Crippen LogP contribution in [0, 0.1) is 0 Å². The maximum absolute atomic E-state index is 12.7. The highest BCUT2D eigenvalue weighted by molar-refractivity contribution is 6.22. The summed E-state index contributed by atoms with van der Waals surface area (Å²) in [6.07, 6.45) is 3.01. The second-order valence-corrected chi connectivity index (χ2v) is 7.07. The number of hydrogen-bond acceptors (Lipinski definition) is 5. The molecule has 6 heteroatoms. The fraction of sp³-hybridized carbons (Fsp3) is 0.391. The highest BCUT2D eigenvalue weighted by Gasteiger charge is 2.39. The average molecular weight is 396 g/mol. The number of ether oxygens (including phenoxy) is 2. The lowest BCUT2D eigenvalue weighted by molar-refractivity contribution is -0.121. The van der Waals surface area contributed by atoms with E-state index in [1.54, 1.807) is 31.4 Å². The fourth-order valence-corrected chi connectivity index (χ4v) is 3.27. The maximum atomic E-state index is 12.7. The quantitative estimate of drug-likeness (QED) is 0.493. The van der Waals surface area contributed by atoms with Crippen LogP contribution in [0.1, 0.15) is 31.7 Å². The van der Waals surface area contributed by atoms with Gasteiger partial charge >= 0.3 is 0 Å². The zero-order chi connectivity index (χ0) is 20.6. The van der Waals surface area contributed by atoms with Crippen molar-refractivity contribution in [2.75, 3.05) is 25.2 Å². The number of imide groups is 1. The molecule has 1 aliphatic rings. The van der Waals surface area contributed by atoms with E-state index in [1.165, 1.54) is 4.90 Å². The highest BCUT2D eigenvalue weighted by Crippen LogP contribution is 2.25. The van der Waals surface area contributed by atoms with Gasteiger partial charge in [-0.05, 0) is 61.3 Å². The smallest absolute Gasteiger partial charge is 0.251 e. The number of anilines is 1. The van der Waals surface area contributed by atoms with Crippen LogP contribution in [-0.2, 0) is 16.0 Å². The Morgan fingerprint density at radius 2 is 1.72 bits per heavy atom. The summed E-state index contributed by atoms with van der Waals surface area (Å²) in [5, 5.41) is 3.22. The molecule has 2 aromatic rings. The first-order valence-electron chi connectivity index (χ1n) is 10.1. The third-order valence-corrected chi connectivity index (χ3v) is 4.97. The van der Waals surface area contributed by atoms with Crippen LogP contribution in [0.25, 0.3) is 0 Å². The van der Waals surface area contributed by atoms with Gasteiger partial charge in [0.05, 0.1) is 31.9 Å². The predicted octanol–water partition coefficient (Wildman–Crippen LogP) is 3.34. The van der Waals surface area contributed by atoms with Gasteiger partial charge < -0.3 is 14.8 Å². The number of nitrogens with zero attached hydrogens (tertiary/aromatic N) is 1. The molecule has 1 fully saturated rings. The van der Waals surface area contributed by atoms with E-state index >= 15 is 0 Å². The first kappa shape index (κ1) is 20.9. The highest BCUT2D eigenvalue weighted by atomic mass is 16.5. The molecule has 1 atom stereocenters. The average Bonchev–Trinajstić information content (AvgIpc) is 3.02. The molecule has 0 spiro atoms. The molecule has 1 heterocycles.